The van der Waals surface area contributed by atoms with E-state index in [-0.39, 0.29) is 11.8 Å². The Morgan fingerprint density at radius 1 is 1.39 bits per heavy atom. The van der Waals surface area contributed by atoms with E-state index in [1.165, 1.54) is 0 Å². The summed E-state index contributed by atoms with van der Waals surface area (Å²) in [4.78, 5) is 0. The van der Waals surface area contributed by atoms with Crippen LogP contribution in [0.2, 0.25) is 0 Å². The van der Waals surface area contributed by atoms with Gasteiger partial charge in [0.1, 0.15) is 17.4 Å². The number of benzene rings is 1. The third kappa shape index (κ3) is 2.40. The molecule has 23 heavy (non-hydrogen) atoms. The molecule has 3 rings (SSSR count). The molecule has 6 heteroatoms. The Hall–Kier alpha value is -2.94. The van der Waals surface area contributed by atoms with Gasteiger partial charge >= 0.3 is 0 Å². The molecule has 0 unspecified atom stereocenters. The minimum absolute atomic E-state index is 0.0884. The Kier molecular flexibility index (Phi) is 3.94. The molecule has 1 aromatic heterocycles. The lowest BCUT2D eigenvalue weighted by molar-refractivity contribution is 0.334. The van der Waals surface area contributed by atoms with E-state index in [0.29, 0.717) is 18.1 Å². The van der Waals surface area contributed by atoms with Gasteiger partial charge in [-0.3, -0.25) is 5.10 Å². The van der Waals surface area contributed by atoms with Crippen molar-refractivity contribution in [1.82, 2.24) is 10.2 Å². The summed E-state index contributed by atoms with van der Waals surface area (Å²) in [6, 6.07) is 9.85. The minimum Gasteiger partial charge on any atom is -0.494 e. The van der Waals surface area contributed by atoms with Gasteiger partial charge in [-0.1, -0.05) is 25.1 Å². The van der Waals surface area contributed by atoms with Gasteiger partial charge in [0.25, 0.3) is 0 Å². The number of H-pyrrole nitrogens is 1. The van der Waals surface area contributed by atoms with Crippen LogP contribution in [-0.4, -0.2) is 16.8 Å². The lowest BCUT2D eigenvalue weighted by atomic mass is 9.83. The highest BCUT2D eigenvalue weighted by Crippen LogP contribution is 2.45. The van der Waals surface area contributed by atoms with Crippen LogP contribution in [0, 0.1) is 11.3 Å². The molecule has 0 bridgehead atoms. The first-order valence-electron chi connectivity index (χ1n) is 7.57. The number of aromatic amines is 1. The third-order valence-electron chi connectivity index (χ3n) is 3.90. The summed E-state index contributed by atoms with van der Waals surface area (Å²) >= 11 is 0. The molecule has 6 nitrogen and oxygen atoms in total. The van der Waals surface area contributed by atoms with Gasteiger partial charge in [-0.05, 0) is 19.4 Å². The van der Waals surface area contributed by atoms with Gasteiger partial charge in [0.15, 0.2) is 0 Å². The second-order valence-electron chi connectivity index (χ2n) is 5.17. The molecule has 1 atom stereocenters. The number of nitriles is 1. The van der Waals surface area contributed by atoms with Crippen LogP contribution in [0.5, 0.6) is 11.6 Å². The van der Waals surface area contributed by atoms with E-state index in [9.17, 15) is 5.26 Å². The van der Waals surface area contributed by atoms with Crippen LogP contribution in [0.1, 0.15) is 36.6 Å². The topological polar surface area (TPSA) is 96.9 Å². The molecular formula is C17H18N4O2. The second kappa shape index (κ2) is 6.05. The maximum Gasteiger partial charge on any atom is 0.244 e. The van der Waals surface area contributed by atoms with Crippen molar-refractivity contribution < 1.29 is 9.47 Å². The molecule has 0 amide bonds. The summed E-state index contributed by atoms with van der Waals surface area (Å²) in [7, 11) is 0. The molecule has 0 saturated heterocycles. The molecule has 0 spiro atoms. The zero-order chi connectivity index (χ0) is 16.4. The van der Waals surface area contributed by atoms with Crippen molar-refractivity contribution in [2.75, 3.05) is 6.61 Å². The Labute approximate surface area is 134 Å². The van der Waals surface area contributed by atoms with Crippen molar-refractivity contribution in [1.29, 1.82) is 5.26 Å². The van der Waals surface area contributed by atoms with E-state index in [1.54, 1.807) is 0 Å². The molecule has 1 aliphatic heterocycles. The van der Waals surface area contributed by atoms with E-state index >= 15 is 0 Å². The molecule has 1 aliphatic rings. The first-order valence-corrected chi connectivity index (χ1v) is 7.57. The quantitative estimate of drug-likeness (QED) is 0.904. The number of hydrogen-bond donors (Lipinski definition) is 2. The summed E-state index contributed by atoms with van der Waals surface area (Å²) in [6.45, 7) is 4.49. The average molecular weight is 310 g/mol. The molecule has 0 radical (unpaired) electrons. The molecule has 1 aromatic carbocycles. The molecule has 0 fully saturated rings. The Morgan fingerprint density at radius 3 is 2.87 bits per heavy atom. The number of para-hydroxylation sites is 1. The van der Waals surface area contributed by atoms with Crippen molar-refractivity contribution in [3.63, 3.8) is 0 Å². The second-order valence-corrected chi connectivity index (χ2v) is 5.17. The summed E-state index contributed by atoms with van der Waals surface area (Å²) in [6.07, 6.45) is 0.748. The highest BCUT2D eigenvalue weighted by atomic mass is 16.5. The SMILES string of the molecule is CCOc1ccccc1[C@H]1C(C#N)=C(N)Oc2n[nH]c(CC)c21. The zero-order valence-electron chi connectivity index (χ0n) is 13.1. The Morgan fingerprint density at radius 2 is 2.17 bits per heavy atom. The summed E-state index contributed by atoms with van der Waals surface area (Å²) in [5.41, 5.74) is 8.99. The van der Waals surface area contributed by atoms with Gasteiger partial charge in [-0.25, -0.2) is 0 Å². The predicted molar refractivity (Wildman–Crippen MR) is 84.9 cm³/mol. The highest BCUT2D eigenvalue weighted by Gasteiger charge is 2.36. The van der Waals surface area contributed by atoms with E-state index in [0.717, 1.165) is 29.0 Å². The summed E-state index contributed by atoms with van der Waals surface area (Å²) in [5.74, 6) is 0.900. The standard InChI is InChI=1S/C17H18N4O2/c1-3-12-15-14(10-7-5-6-8-13(10)22-4-2)11(9-18)16(19)23-17(15)21-20-12/h5-8,14H,3-4,19H2,1-2H3,(H,20,21)/t14-/m0/s1. The highest BCUT2D eigenvalue weighted by molar-refractivity contribution is 5.58. The number of allylic oxidation sites excluding steroid dienone is 1. The van der Waals surface area contributed by atoms with Gasteiger partial charge in [0.05, 0.1) is 18.1 Å². The number of hydrogen-bond acceptors (Lipinski definition) is 5. The van der Waals surface area contributed by atoms with Crippen molar-refractivity contribution >= 4 is 0 Å². The molecule has 0 aliphatic carbocycles. The number of ether oxygens (including phenoxy) is 2. The Balaban J connectivity index is 2.24. The van der Waals surface area contributed by atoms with Gasteiger partial charge in [-0.2, -0.15) is 5.26 Å². The fourth-order valence-electron chi connectivity index (χ4n) is 2.90. The predicted octanol–water partition coefficient (Wildman–Crippen LogP) is 2.59. The normalized spacial score (nSPS) is 16.5. The number of rotatable bonds is 4. The van der Waals surface area contributed by atoms with Crippen molar-refractivity contribution in [3.8, 4) is 17.7 Å². The fraction of sp³-hybridized carbons (Fsp3) is 0.294. The van der Waals surface area contributed by atoms with Crippen LogP contribution in [0.25, 0.3) is 0 Å². The lowest BCUT2D eigenvalue weighted by Crippen LogP contribution is -2.21. The number of aromatic nitrogens is 2. The van der Waals surface area contributed by atoms with Gasteiger partial charge in [0.2, 0.25) is 11.8 Å². The van der Waals surface area contributed by atoms with Crippen LogP contribution < -0.4 is 15.2 Å². The average Bonchev–Trinajstić information content (AvgIpc) is 2.97. The van der Waals surface area contributed by atoms with E-state index in [1.807, 2.05) is 38.1 Å². The molecule has 2 heterocycles. The largest absolute Gasteiger partial charge is 0.494 e. The number of nitrogens with one attached hydrogen (secondary N) is 1. The number of aryl methyl sites for hydroxylation is 1. The Bertz CT molecular complexity index is 801. The van der Waals surface area contributed by atoms with Crippen LogP contribution in [0.4, 0.5) is 0 Å². The van der Waals surface area contributed by atoms with Crippen molar-refractivity contribution in [2.45, 2.75) is 26.2 Å². The molecule has 0 saturated carbocycles. The van der Waals surface area contributed by atoms with Crippen LogP contribution in [0.3, 0.4) is 0 Å². The number of fused-ring (bicyclic) bond motifs is 1. The van der Waals surface area contributed by atoms with Gasteiger partial charge < -0.3 is 15.2 Å². The fourth-order valence-corrected chi connectivity index (χ4v) is 2.90. The van der Waals surface area contributed by atoms with Crippen LogP contribution in [-0.2, 0) is 6.42 Å². The molecular weight excluding hydrogens is 292 g/mol. The first kappa shape index (κ1) is 15.0. The van der Waals surface area contributed by atoms with Crippen LogP contribution >= 0.6 is 0 Å². The van der Waals surface area contributed by atoms with Crippen molar-refractivity contribution in [2.24, 2.45) is 5.73 Å². The third-order valence-corrected chi connectivity index (χ3v) is 3.90. The van der Waals surface area contributed by atoms with Gasteiger partial charge in [0, 0.05) is 11.3 Å². The molecule has 118 valence electrons. The minimum atomic E-state index is -0.347. The maximum atomic E-state index is 9.60. The number of nitrogens with zero attached hydrogens (tertiary/aromatic N) is 2. The van der Waals surface area contributed by atoms with Crippen LogP contribution in [0.15, 0.2) is 35.7 Å². The summed E-state index contributed by atoms with van der Waals surface area (Å²) < 4.78 is 11.3. The molecule has 3 N–H and O–H groups in total. The monoisotopic (exact) mass is 310 g/mol. The van der Waals surface area contributed by atoms with E-state index < -0.39 is 0 Å². The first-order chi connectivity index (χ1) is 11.2. The summed E-state index contributed by atoms with van der Waals surface area (Å²) in [5, 5.41) is 16.8. The smallest absolute Gasteiger partial charge is 0.244 e. The van der Waals surface area contributed by atoms with Crippen molar-refractivity contribution in [3.05, 3.63) is 52.5 Å². The maximum absolute atomic E-state index is 9.60. The van der Waals surface area contributed by atoms with E-state index in [2.05, 4.69) is 16.3 Å². The zero-order valence-corrected chi connectivity index (χ0v) is 13.1. The van der Waals surface area contributed by atoms with Gasteiger partial charge in [-0.15, -0.1) is 5.10 Å². The molecule has 2 aromatic rings. The lowest BCUT2D eigenvalue weighted by Gasteiger charge is -2.25. The van der Waals surface area contributed by atoms with E-state index in [4.69, 9.17) is 15.2 Å². The number of nitrogens with two attached hydrogens (primary N) is 1.